The second kappa shape index (κ2) is 10.2. The van der Waals surface area contributed by atoms with E-state index in [1.54, 1.807) is 29.1 Å². The molecule has 0 fully saturated rings. The predicted molar refractivity (Wildman–Crippen MR) is 129 cm³/mol. The maximum absolute atomic E-state index is 13.4. The zero-order valence-electron chi connectivity index (χ0n) is 18.9. The number of hydrogen-bond acceptors (Lipinski definition) is 7. The molecule has 0 radical (unpaired) electrons. The van der Waals surface area contributed by atoms with Gasteiger partial charge in [-0.1, -0.05) is 24.3 Å². The summed E-state index contributed by atoms with van der Waals surface area (Å²) in [7, 11) is -4.29. The lowest BCUT2D eigenvalue weighted by molar-refractivity contribution is -0.141. The number of thiophene rings is 1. The van der Waals surface area contributed by atoms with E-state index in [9.17, 15) is 26.4 Å². The first-order valence-corrected chi connectivity index (χ1v) is 13.2. The van der Waals surface area contributed by atoms with Crippen molar-refractivity contribution in [3.8, 4) is 16.3 Å². The molecule has 1 amide bonds. The highest BCUT2D eigenvalue weighted by Gasteiger charge is 2.35. The molecule has 0 spiro atoms. The van der Waals surface area contributed by atoms with E-state index in [1.807, 2.05) is 30.3 Å². The Labute approximate surface area is 208 Å². The Balaban J connectivity index is 1.46. The molecule has 0 saturated carbocycles. The van der Waals surface area contributed by atoms with Crippen LogP contribution in [0.2, 0.25) is 0 Å². The molecule has 8 nitrogen and oxygen atoms in total. The van der Waals surface area contributed by atoms with E-state index >= 15 is 0 Å². The molecule has 36 heavy (non-hydrogen) atoms. The van der Waals surface area contributed by atoms with Gasteiger partial charge in [0.25, 0.3) is 0 Å². The van der Waals surface area contributed by atoms with Crippen molar-refractivity contribution in [2.75, 3.05) is 11.1 Å². The standard InChI is InChI=1S/C23H20F3N5O3S2/c1-15-13-20(31(30-15)16-7-3-2-4-8-16)29-21(32)10-6-12-36(33,34)22-27-17(18-9-5-11-35-18)14-19(28-22)23(24,25)26/h2-5,7-9,11,13-14H,6,10,12H2,1H3,(H,29,32). The second-order valence-electron chi connectivity index (χ2n) is 7.78. The molecule has 3 heterocycles. The van der Waals surface area contributed by atoms with Crippen LogP contribution < -0.4 is 5.32 Å². The zero-order valence-corrected chi connectivity index (χ0v) is 20.5. The molecule has 0 saturated heterocycles. The number of anilines is 1. The maximum atomic E-state index is 13.4. The van der Waals surface area contributed by atoms with E-state index in [-0.39, 0.29) is 18.5 Å². The van der Waals surface area contributed by atoms with E-state index in [4.69, 9.17) is 0 Å². The van der Waals surface area contributed by atoms with Gasteiger partial charge in [0.2, 0.25) is 20.9 Å². The summed E-state index contributed by atoms with van der Waals surface area (Å²) in [5, 5.41) is 7.77. The normalized spacial score (nSPS) is 12.0. The van der Waals surface area contributed by atoms with Gasteiger partial charge in [-0.05, 0) is 43.0 Å². The van der Waals surface area contributed by atoms with Crippen molar-refractivity contribution in [1.29, 1.82) is 0 Å². The van der Waals surface area contributed by atoms with Crippen molar-refractivity contribution in [1.82, 2.24) is 19.7 Å². The van der Waals surface area contributed by atoms with Crippen molar-refractivity contribution < 1.29 is 26.4 Å². The number of amides is 1. The lowest BCUT2D eigenvalue weighted by atomic mass is 10.3. The van der Waals surface area contributed by atoms with Crippen molar-refractivity contribution in [3.05, 3.63) is 71.4 Å². The smallest absolute Gasteiger partial charge is 0.311 e. The molecular weight excluding hydrogens is 515 g/mol. The van der Waals surface area contributed by atoms with Gasteiger partial charge < -0.3 is 5.32 Å². The summed E-state index contributed by atoms with van der Waals surface area (Å²) in [6.07, 6.45) is -5.17. The number of hydrogen-bond donors (Lipinski definition) is 1. The molecule has 4 rings (SSSR count). The van der Waals surface area contributed by atoms with Crippen LogP contribution in [0.1, 0.15) is 24.2 Å². The summed E-state index contributed by atoms with van der Waals surface area (Å²) in [4.78, 5) is 20.0. The largest absolute Gasteiger partial charge is 0.433 e. The SMILES string of the molecule is Cc1cc(NC(=O)CCCS(=O)(=O)c2nc(-c3cccs3)cc(C(F)(F)F)n2)n(-c2ccccc2)n1. The number of rotatable bonds is 8. The number of carbonyl (C=O) groups is 1. The van der Waals surface area contributed by atoms with Crippen LogP contribution in [0, 0.1) is 6.92 Å². The summed E-state index contributed by atoms with van der Waals surface area (Å²) < 4.78 is 67.2. The van der Waals surface area contributed by atoms with Crippen LogP contribution in [-0.2, 0) is 20.8 Å². The van der Waals surface area contributed by atoms with Crippen LogP contribution in [0.4, 0.5) is 19.0 Å². The topological polar surface area (TPSA) is 107 Å². The van der Waals surface area contributed by atoms with Gasteiger partial charge in [0.1, 0.15) is 11.5 Å². The Hall–Kier alpha value is -3.58. The Morgan fingerprint density at radius 1 is 1.08 bits per heavy atom. The van der Waals surface area contributed by atoms with Gasteiger partial charge in [-0.25, -0.2) is 23.1 Å². The second-order valence-corrected chi connectivity index (χ2v) is 10.7. The highest BCUT2D eigenvalue weighted by atomic mass is 32.2. The number of halogens is 3. The molecule has 3 aromatic heterocycles. The first kappa shape index (κ1) is 25.5. The summed E-state index contributed by atoms with van der Waals surface area (Å²) >= 11 is 1.13. The summed E-state index contributed by atoms with van der Waals surface area (Å²) in [6.45, 7) is 1.77. The third kappa shape index (κ3) is 5.97. The predicted octanol–water partition coefficient (Wildman–Crippen LogP) is 4.91. The highest BCUT2D eigenvalue weighted by molar-refractivity contribution is 7.91. The Morgan fingerprint density at radius 2 is 1.83 bits per heavy atom. The average Bonchev–Trinajstić information content (AvgIpc) is 3.49. The summed E-state index contributed by atoms with van der Waals surface area (Å²) in [6, 6.07) is 14.7. The van der Waals surface area contributed by atoms with Gasteiger partial charge in [-0.3, -0.25) is 4.79 Å². The highest BCUT2D eigenvalue weighted by Crippen LogP contribution is 2.32. The first-order valence-electron chi connectivity index (χ1n) is 10.7. The number of nitrogens with zero attached hydrogens (tertiary/aromatic N) is 4. The number of benzene rings is 1. The van der Waals surface area contributed by atoms with Gasteiger partial charge in [0.05, 0.1) is 27.7 Å². The van der Waals surface area contributed by atoms with Crippen molar-refractivity contribution in [2.24, 2.45) is 0 Å². The van der Waals surface area contributed by atoms with Crippen LogP contribution in [0.3, 0.4) is 0 Å². The van der Waals surface area contributed by atoms with Crippen molar-refractivity contribution in [3.63, 3.8) is 0 Å². The molecular formula is C23H20F3N5O3S2. The molecule has 0 bridgehead atoms. The number of sulfone groups is 1. The third-order valence-corrected chi connectivity index (χ3v) is 7.42. The van der Waals surface area contributed by atoms with Gasteiger partial charge in [-0.15, -0.1) is 11.3 Å². The number of para-hydroxylation sites is 1. The van der Waals surface area contributed by atoms with E-state index in [0.717, 1.165) is 23.1 Å². The summed E-state index contributed by atoms with van der Waals surface area (Å²) in [5.41, 5.74) is -0.0818. The molecule has 1 N–H and O–H groups in total. The van der Waals surface area contributed by atoms with Gasteiger partial charge in [-0.2, -0.15) is 18.3 Å². The lowest BCUT2D eigenvalue weighted by Crippen LogP contribution is -2.19. The van der Waals surface area contributed by atoms with Crippen molar-refractivity contribution >= 4 is 32.9 Å². The Kier molecular flexibility index (Phi) is 7.22. The van der Waals surface area contributed by atoms with Gasteiger partial charge in [0.15, 0.2) is 0 Å². The average molecular weight is 536 g/mol. The van der Waals surface area contributed by atoms with E-state index in [1.165, 1.54) is 6.07 Å². The Morgan fingerprint density at radius 3 is 2.50 bits per heavy atom. The molecule has 13 heteroatoms. The third-order valence-electron chi connectivity index (χ3n) is 4.96. The monoisotopic (exact) mass is 535 g/mol. The van der Waals surface area contributed by atoms with Crippen LogP contribution in [0.25, 0.3) is 16.3 Å². The fourth-order valence-electron chi connectivity index (χ4n) is 3.33. The molecule has 4 aromatic rings. The number of aryl methyl sites for hydroxylation is 1. The molecule has 0 aliphatic rings. The first-order chi connectivity index (χ1) is 17.0. The summed E-state index contributed by atoms with van der Waals surface area (Å²) in [5.74, 6) is -0.650. The molecule has 1 aromatic carbocycles. The van der Waals surface area contributed by atoms with E-state index < -0.39 is 38.5 Å². The molecule has 188 valence electrons. The minimum atomic E-state index is -4.85. The van der Waals surface area contributed by atoms with Crippen LogP contribution in [-0.4, -0.2) is 39.8 Å². The molecule has 0 atom stereocenters. The minimum absolute atomic E-state index is 0.131. The minimum Gasteiger partial charge on any atom is -0.311 e. The van der Waals surface area contributed by atoms with E-state index in [0.29, 0.717) is 16.4 Å². The maximum Gasteiger partial charge on any atom is 0.433 e. The molecule has 0 unspecified atom stereocenters. The van der Waals surface area contributed by atoms with Crippen LogP contribution >= 0.6 is 11.3 Å². The fraction of sp³-hybridized carbons (Fsp3) is 0.217. The number of carbonyl (C=O) groups excluding carboxylic acids is 1. The molecule has 0 aliphatic carbocycles. The molecule has 0 aliphatic heterocycles. The quantitative estimate of drug-likeness (QED) is 0.321. The zero-order chi connectivity index (χ0) is 25.9. The number of alkyl halides is 3. The van der Waals surface area contributed by atoms with Crippen molar-refractivity contribution in [2.45, 2.75) is 31.1 Å². The van der Waals surface area contributed by atoms with Crippen LogP contribution in [0.5, 0.6) is 0 Å². The lowest BCUT2D eigenvalue weighted by Gasteiger charge is -2.11. The van der Waals surface area contributed by atoms with Gasteiger partial charge in [0, 0.05) is 12.5 Å². The van der Waals surface area contributed by atoms with Crippen LogP contribution in [0.15, 0.2) is 65.1 Å². The Bertz CT molecular complexity index is 1470. The van der Waals surface area contributed by atoms with E-state index in [2.05, 4.69) is 20.4 Å². The number of nitrogens with one attached hydrogen (secondary N) is 1. The van der Waals surface area contributed by atoms with Gasteiger partial charge >= 0.3 is 6.18 Å². The number of aromatic nitrogens is 4. The fourth-order valence-corrected chi connectivity index (χ4v) is 5.20.